The molecule has 1 aliphatic rings. The molecule has 1 aromatic carbocycles. The highest BCUT2D eigenvalue weighted by Crippen LogP contribution is 2.40. The van der Waals surface area contributed by atoms with E-state index in [1.54, 1.807) is 24.3 Å². The van der Waals surface area contributed by atoms with Crippen LogP contribution in [0.5, 0.6) is 0 Å². The van der Waals surface area contributed by atoms with Crippen molar-refractivity contribution in [2.24, 2.45) is 0 Å². The van der Waals surface area contributed by atoms with Crippen molar-refractivity contribution in [3.63, 3.8) is 0 Å². The number of aromatic nitrogens is 3. The van der Waals surface area contributed by atoms with E-state index >= 15 is 0 Å². The van der Waals surface area contributed by atoms with E-state index in [-0.39, 0.29) is 5.91 Å². The summed E-state index contributed by atoms with van der Waals surface area (Å²) in [5, 5.41) is 9.07. The van der Waals surface area contributed by atoms with Gasteiger partial charge in [0, 0.05) is 11.8 Å². The predicted octanol–water partition coefficient (Wildman–Crippen LogP) is 4.36. The van der Waals surface area contributed by atoms with E-state index in [0.717, 1.165) is 5.69 Å². The van der Waals surface area contributed by atoms with Crippen molar-refractivity contribution in [2.45, 2.75) is 18.8 Å². The molecule has 2 heterocycles. The van der Waals surface area contributed by atoms with Gasteiger partial charge in [0.25, 0.3) is 0 Å². The second-order valence-corrected chi connectivity index (χ2v) is 6.54. The minimum Gasteiger partial charge on any atom is -0.340 e. The maximum atomic E-state index is 11.4. The van der Waals surface area contributed by atoms with Gasteiger partial charge in [0.05, 0.1) is 0 Å². The molecular formula is C21H20N6O. The molecule has 1 aliphatic carbocycles. The molecule has 0 atom stereocenters. The topological polar surface area (TPSA) is 91.8 Å². The Hall–Kier alpha value is -3.74. The Labute approximate surface area is 163 Å². The smallest absolute Gasteiger partial charge is 0.248 e. The van der Waals surface area contributed by atoms with E-state index in [2.05, 4.69) is 55.7 Å². The number of nitrogens with one attached hydrogen (secondary N) is 3. The monoisotopic (exact) mass is 372 g/mol. The summed E-state index contributed by atoms with van der Waals surface area (Å²) in [5.41, 5.74) is 2.36. The van der Waals surface area contributed by atoms with Crippen LogP contribution in [-0.2, 0) is 4.79 Å². The molecule has 3 aromatic rings. The SMILES string of the molecule is C=CC(=O)Nc1cccc(Nc2cc(Nc3cccc(C4CC4)c3)ncn2)n1. The molecule has 7 nitrogen and oxygen atoms in total. The summed E-state index contributed by atoms with van der Waals surface area (Å²) in [6.45, 7) is 3.43. The van der Waals surface area contributed by atoms with E-state index in [9.17, 15) is 4.79 Å². The molecule has 0 aliphatic heterocycles. The van der Waals surface area contributed by atoms with Gasteiger partial charge in [-0.15, -0.1) is 0 Å². The van der Waals surface area contributed by atoms with Crippen LogP contribution < -0.4 is 16.0 Å². The van der Waals surface area contributed by atoms with Gasteiger partial charge in [-0.3, -0.25) is 4.79 Å². The minimum absolute atomic E-state index is 0.313. The fourth-order valence-electron chi connectivity index (χ4n) is 2.81. The first kappa shape index (κ1) is 17.7. The Morgan fingerprint density at radius 2 is 1.71 bits per heavy atom. The number of hydrogen-bond acceptors (Lipinski definition) is 6. The number of rotatable bonds is 7. The molecule has 1 amide bonds. The van der Waals surface area contributed by atoms with Crippen LogP contribution in [0.15, 0.2) is 67.5 Å². The highest BCUT2D eigenvalue weighted by atomic mass is 16.1. The van der Waals surface area contributed by atoms with E-state index in [0.29, 0.717) is 29.2 Å². The number of amides is 1. The highest BCUT2D eigenvalue weighted by molar-refractivity contribution is 5.98. The average Bonchev–Trinajstić information content (AvgIpc) is 3.54. The Kier molecular flexibility index (Phi) is 4.97. The van der Waals surface area contributed by atoms with Gasteiger partial charge in [0.2, 0.25) is 5.91 Å². The van der Waals surface area contributed by atoms with Crippen molar-refractivity contribution in [1.82, 2.24) is 15.0 Å². The standard InChI is InChI=1S/C21H20N6O/c1-2-21(28)27-18-8-4-7-17(25-18)26-20-12-19(22-13-23-20)24-16-6-3-5-15(11-16)14-9-10-14/h2-8,11-14H,1,9-10H2,(H3,22,23,24,25,26,27,28). The van der Waals surface area contributed by atoms with Gasteiger partial charge >= 0.3 is 0 Å². The summed E-state index contributed by atoms with van der Waals surface area (Å²) in [6.07, 6.45) is 5.22. The number of anilines is 5. The number of carbonyl (C=O) groups is 1. The molecule has 1 saturated carbocycles. The largest absolute Gasteiger partial charge is 0.340 e. The third kappa shape index (κ3) is 4.50. The molecule has 1 fully saturated rings. The van der Waals surface area contributed by atoms with E-state index in [4.69, 9.17) is 0 Å². The maximum Gasteiger partial charge on any atom is 0.248 e. The number of nitrogens with zero attached hydrogens (tertiary/aromatic N) is 3. The van der Waals surface area contributed by atoms with Gasteiger partial charge in [-0.05, 0) is 54.7 Å². The van der Waals surface area contributed by atoms with Crippen LogP contribution in [-0.4, -0.2) is 20.9 Å². The molecule has 0 saturated heterocycles. The quantitative estimate of drug-likeness (QED) is 0.534. The van der Waals surface area contributed by atoms with E-state index < -0.39 is 0 Å². The van der Waals surface area contributed by atoms with Crippen molar-refractivity contribution in [2.75, 3.05) is 16.0 Å². The molecular weight excluding hydrogens is 352 g/mol. The Morgan fingerprint density at radius 3 is 2.50 bits per heavy atom. The summed E-state index contributed by atoms with van der Waals surface area (Å²) in [5.74, 6) is 2.65. The van der Waals surface area contributed by atoms with Crippen LogP contribution in [0.2, 0.25) is 0 Å². The molecule has 140 valence electrons. The lowest BCUT2D eigenvalue weighted by molar-refractivity contribution is -0.111. The summed E-state index contributed by atoms with van der Waals surface area (Å²) >= 11 is 0. The summed E-state index contributed by atoms with van der Waals surface area (Å²) in [4.78, 5) is 24.3. The molecule has 0 bridgehead atoms. The molecule has 3 N–H and O–H groups in total. The lowest BCUT2D eigenvalue weighted by atomic mass is 10.1. The Balaban J connectivity index is 1.46. The Bertz CT molecular complexity index is 1020. The van der Waals surface area contributed by atoms with Crippen LogP contribution in [0.3, 0.4) is 0 Å². The van der Waals surface area contributed by atoms with Crippen LogP contribution in [0.25, 0.3) is 0 Å². The zero-order chi connectivity index (χ0) is 19.3. The van der Waals surface area contributed by atoms with Gasteiger partial charge in [-0.2, -0.15) is 0 Å². The molecule has 4 rings (SSSR count). The fraction of sp³-hybridized carbons (Fsp3) is 0.143. The molecule has 7 heteroatoms. The first-order valence-corrected chi connectivity index (χ1v) is 9.06. The van der Waals surface area contributed by atoms with Gasteiger partial charge in [-0.1, -0.05) is 24.8 Å². The van der Waals surface area contributed by atoms with Crippen molar-refractivity contribution in [3.8, 4) is 0 Å². The predicted molar refractivity (Wildman–Crippen MR) is 110 cm³/mol. The van der Waals surface area contributed by atoms with Gasteiger partial charge in [-0.25, -0.2) is 15.0 Å². The number of carbonyl (C=O) groups excluding carboxylic acids is 1. The summed E-state index contributed by atoms with van der Waals surface area (Å²) < 4.78 is 0. The minimum atomic E-state index is -0.313. The Morgan fingerprint density at radius 1 is 0.964 bits per heavy atom. The third-order valence-electron chi connectivity index (χ3n) is 4.32. The second-order valence-electron chi connectivity index (χ2n) is 6.54. The first-order chi connectivity index (χ1) is 13.7. The second kappa shape index (κ2) is 7.87. The lowest BCUT2D eigenvalue weighted by Crippen LogP contribution is -2.09. The molecule has 0 radical (unpaired) electrons. The van der Waals surface area contributed by atoms with Crippen LogP contribution in [0.4, 0.5) is 29.0 Å². The van der Waals surface area contributed by atoms with Crippen LogP contribution in [0, 0.1) is 0 Å². The number of benzene rings is 1. The molecule has 0 spiro atoms. The van der Waals surface area contributed by atoms with Crippen molar-refractivity contribution < 1.29 is 4.79 Å². The van der Waals surface area contributed by atoms with Crippen LogP contribution in [0.1, 0.15) is 24.3 Å². The zero-order valence-electron chi connectivity index (χ0n) is 15.2. The number of hydrogen-bond donors (Lipinski definition) is 3. The van der Waals surface area contributed by atoms with Crippen molar-refractivity contribution in [3.05, 3.63) is 73.1 Å². The van der Waals surface area contributed by atoms with Gasteiger partial charge in [0.15, 0.2) is 0 Å². The van der Waals surface area contributed by atoms with Crippen LogP contribution >= 0.6 is 0 Å². The lowest BCUT2D eigenvalue weighted by Gasteiger charge is -2.10. The van der Waals surface area contributed by atoms with Gasteiger partial charge < -0.3 is 16.0 Å². The summed E-state index contributed by atoms with van der Waals surface area (Å²) in [6, 6.07) is 15.5. The normalized spacial score (nSPS) is 12.9. The summed E-state index contributed by atoms with van der Waals surface area (Å²) in [7, 11) is 0. The highest BCUT2D eigenvalue weighted by Gasteiger charge is 2.23. The maximum absolute atomic E-state index is 11.4. The van der Waals surface area contributed by atoms with Crippen molar-refractivity contribution >= 4 is 34.9 Å². The van der Waals surface area contributed by atoms with E-state index in [1.807, 2.05) is 6.07 Å². The zero-order valence-corrected chi connectivity index (χ0v) is 15.2. The molecule has 0 unspecified atom stereocenters. The third-order valence-corrected chi connectivity index (χ3v) is 4.32. The van der Waals surface area contributed by atoms with E-state index in [1.165, 1.54) is 30.8 Å². The average molecular weight is 372 g/mol. The first-order valence-electron chi connectivity index (χ1n) is 9.06. The number of pyridine rings is 1. The van der Waals surface area contributed by atoms with Crippen molar-refractivity contribution in [1.29, 1.82) is 0 Å². The fourth-order valence-corrected chi connectivity index (χ4v) is 2.81. The van der Waals surface area contributed by atoms with Gasteiger partial charge in [0.1, 0.15) is 29.6 Å². The molecule has 2 aromatic heterocycles. The molecule has 28 heavy (non-hydrogen) atoms.